The molecule has 1 fully saturated rings. The van der Waals surface area contributed by atoms with Gasteiger partial charge in [0.2, 0.25) is 5.91 Å². The largest absolute Gasteiger partial charge is 0.508 e. The average molecular weight is 373 g/mol. The number of aromatic nitrogens is 2. The van der Waals surface area contributed by atoms with E-state index in [1.54, 1.807) is 18.3 Å². The van der Waals surface area contributed by atoms with Crippen molar-refractivity contribution in [2.24, 2.45) is 0 Å². The van der Waals surface area contributed by atoms with Gasteiger partial charge in [-0.15, -0.1) is 0 Å². The molecule has 1 aliphatic heterocycles. The number of likely N-dealkylation sites (tertiary alicyclic amines) is 1. The summed E-state index contributed by atoms with van der Waals surface area (Å²) in [6.45, 7) is 1.54. The van der Waals surface area contributed by atoms with Crippen LogP contribution in [-0.2, 0) is 11.2 Å². The first-order valence-corrected chi connectivity index (χ1v) is 9.61. The molecule has 0 saturated carbocycles. The van der Waals surface area contributed by atoms with Crippen molar-refractivity contribution in [2.75, 3.05) is 13.1 Å². The van der Waals surface area contributed by atoms with Crippen molar-refractivity contribution in [1.82, 2.24) is 14.9 Å². The van der Waals surface area contributed by atoms with Crippen LogP contribution in [0.4, 0.5) is 0 Å². The third kappa shape index (κ3) is 4.19. The monoisotopic (exact) mass is 373 g/mol. The highest BCUT2D eigenvalue weighted by Crippen LogP contribution is 2.30. The molecule has 5 nitrogen and oxygen atoms in total. The molecule has 2 aromatic heterocycles. The fraction of sp³-hybridized carbons (Fsp3) is 0.261. The molecule has 28 heavy (non-hydrogen) atoms. The van der Waals surface area contributed by atoms with Crippen molar-refractivity contribution >= 4 is 5.91 Å². The van der Waals surface area contributed by atoms with Gasteiger partial charge in [0.15, 0.2) is 0 Å². The summed E-state index contributed by atoms with van der Waals surface area (Å²) in [4.78, 5) is 23.1. The summed E-state index contributed by atoms with van der Waals surface area (Å²) in [5.74, 6) is 0.756. The van der Waals surface area contributed by atoms with Gasteiger partial charge in [-0.1, -0.05) is 18.2 Å². The summed E-state index contributed by atoms with van der Waals surface area (Å²) in [5, 5.41) is 9.71. The Hall–Kier alpha value is -3.21. The SMILES string of the molecule is O=C(CCc1cccnc1)N1CC[C@H](c2ccnc(-c3cccc(O)c3)c2)C1. The van der Waals surface area contributed by atoms with Crippen molar-refractivity contribution in [3.63, 3.8) is 0 Å². The number of hydrogen-bond acceptors (Lipinski definition) is 4. The normalized spacial score (nSPS) is 16.3. The van der Waals surface area contributed by atoms with E-state index in [2.05, 4.69) is 16.0 Å². The zero-order valence-corrected chi connectivity index (χ0v) is 15.7. The van der Waals surface area contributed by atoms with Crippen LogP contribution in [0, 0.1) is 0 Å². The van der Waals surface area contributed by atoms with Crippen LogP contribution in [0.15, 0.2) is 67.1 Å². The lowest BCUT2D eigenvalue weighted by Crippen LogP contribution is -2.28. The molecule has 1 aromatic carbocycles. The fourth-order valence-corrected chi connectivity index (χ4v) is 3.74. The van der Waals surface area contributed by atoms with Crippen LogP contribution in [0.25, 0.3) is 11.3 Å². The van der Waals surface area contributed by atoms with E-state index in [4.69, 9.17) is 0 Å². The Morgan fingerprint density at radius 1 is 1.14 bits per heavy atom. The van der Waals surface area contributed by atoms with Gasteiger partial charge in [-0.05, 0) is 54.3 Å². The maximum absolute atomic E-state index is 12.6. The van der Waals surface area contributed by atoms with E-state index in [0.29, 0.717) is 12.3 Å². The molecular formula is C23H23N3O2. The number of carbonyl (C=O) groups excluding carboxylic acids is 1. The first-order valence-electron chi connectivity index (χ1n) is 9.61. The maximum Gasteiger partial charge on any atom is 0.222 e. The molecule has 0 aliphatic carbocycles. The van der Waals surface area contributed by atoms with Crippen molar-refractivity contribution in [2.45, 2.75) is 25.2 Å². The smallest absolute Gasteiger partial charge is 0.222 e. The van der Waals surface area contributed by atoms with E-state index in [9.17, 15) is 9.90 Å². The van der Waals surface area contributed by atoms with E-state index in [1.807, 2.05) is 47.6 Å². The van der Waals surface area contributed by atoms with Gasteiger partial charge in [0.05, 0.1) is 5.69 Å². The predicted octanol–water partition coefficient (Wildman–Crippen LogP) is 3.80. The molecule has 0 bridgehead atoms. The topological polar surface area (TPSA) is 66.3 Å². The molecule has 3 heterocycles. The zero-order chi connectivity index (χ0) is 19.3. The molecule has 0 unspecified atom stereocenters. The van der Waals surface area contributed by atoms with Gasteiger partial charge < -0.3 is 10.0 Å². The predicted molar refractivity (Wildman–Crippen MR) is 108 cm³/mol. The van der Waals surface area contributed by atoms with Gasteiger partial charge >= 0.3 is 0 Å². The van der Waals surface area contributed by atoms with Crippen LogP contribution in [0.2, 0.25) is 0 Å². The van der Waals surface area contributed by atoms with Gasteiger partial charge in [0.1, 0.15) is 5.75 Å². The Labute approximate surface area is 164 Å². The highest BCUT2D eigenvalue weighted by molar-refractivity contribution is 5.77. The van der Waals surface area contributed by atoms with Crippen molar-refractivity contribution < 1.29 is 9.90 Å². The summed E-state index contributed by atoms with van der Waals surface area (Å²) >= 11 is 0. The number of benzene rings is 1. The number of amides is 1. The molecule has 1 N–H and O–H groups in total. The van der Waals surface area contributed by atoms with E-state index < -0.39 is 0 Å². The van der Waals surface area contributed by atoms with Crippen molar-refractivity contribution in [3.8, 4) is 17.0 Å². The lowest BCUT2D eigenvalue weighted by atomic mass is 9.97. The fourth-order valence-electron chi connectivity index (χ4n) is 3.74. The number of carbonyl (C=O) groups is 1. The molecule has 1 atom stereocenters. The Bertz CT molecular complexity index is 959. The summed E-state index contributed by atoms with van der Waals surface area (Å²) in [5.41, 5.74) is 4.02. The van der Waals surface area contributed by atoms with Crippen LogP contribution in [0.3, 0.4) is 0 Å². The first kappa shape index (κ1) is 18.2. The number of aromatic hydroxyl groups is 1. The minimum atomic E-state index is 0.202. The molecule has 0 spiro atoms. The third-order valence-corrected chi connectivity index (χ3v) is 5.29. The number of hydrogen-bond donors (Lipinski definition) is 1. The van der Waals surface area contributed by atoms with Crippen LogP contribution >= 0.6 is 0 Å². The Morgan fingerprint density at radius 2 is 2.07 bits per heavy atom. The highest BCUT2D eigenvalue weighted by atomic mass is 16.3. The number of phenolic OH excluding ortho intramolecular Hbond substituents is 1. The summed E-state index contributed by atoms with van der Waals surface area (Å²) < 4.78 is 0. The molecule has 142 valence electrons. The van der Waals surface area contributed by atoms with E-state index in [-0.39, 0.29) is 11.7 Å². The van der Waals surface area contributed by atoms with Gasteiger partial charge in [0, 0.05) is 49.6 Å². The first-order chi connectivity index (χ1) is 13.7. The van der Waals surface area contributed by atoms with Gasteiger partial charge in [0.25, 0.3) is 0 Å². The minimum Gasteiger partial charge on any atom is -0.508 e. The van der Waals surface area contributed by atoms with Gasteiger partial charge in [-0.3, -0.25) is 14.8 Å². The highest BCUT2D eigenvalue weighted by Gasteiger charge is 2.27. The standard InChI is InChI=1S/C23H23N3O2/c27-21-5-1-4-19(13-21)22-14-18(8-11-25-22)20-9-12-26(16-20)23(28)7-6-17-3-2-10-24-15-17/h1-5,8,10-11,13-15,20,27H,6-7,9,12,16H2/t20-/m0/s1. The number of pyridine rings is 2. The zero-order valence-electron chi connectivity index (χ0n) is 15.7. The van der Waals surface area contributed by atoms with Gasteiger partial charge in [-0.25, -0.2) is 0 Å². The van der Waals surface area contributed by atoms with E-state index >= 15 is 0 Å². The number of aryl methyl sites for hydroxylation is 1. The molecule has 4 rings (SSSR count). The van der Waals surface area contributed by atoms with E-state index in [0.717, 1.165) is 42.8 Å². The summed E-state index contributed by atoms with van der Waals surface area (Å²) in [7, 11) is 0. The summed E-state index contributed by atoms with van der Waals surface area (Å²) in [6, 6.07) is 15.1. The second kappa shape index (κ2) is 8.21. The van der Waals surface area contributed by atoms with Gasteiger partial charge in [-0.2, -0.15) is 0 Å². The van der Waals surface area contributed by atoms with Crippen molar-refractivity contribution in [3.05, 3.63) is 78.2 Å². The lowest BCUT2D eigenvalue weighted by Gasteiger charge is -2.17. The molecule has 0 radical (unpaired) electrons. The molecule has 1 aliphatic rings. The van der Waals surface area contributed by atoms with Crippen LogP contribution in [0.1, 0.15) is 29.9 Å². The Kier molecular flexibility index (Phi) is 5.33. The second-order valence-corrected chi connectivity index (χ2v) is 7.21. The third-order valence-electron chi connectivity index (χ3n) is 5.29. The average Bonchev–Trinajstić information content (AvgIpc) is 3.23. The Balaban J connectivity index is 1.40. The molecule has 3 aromatic rings. The maximum atomic E-state index is 12.6. The number of nitrogens with zero attached hydrogens (tertiary/aromatic N) is 3. The second-order valence-electron chi connectivity index (χ2n) is 7.21. The Morgan fingerprint density at radius 3 is 2.89 bits per heavy atom. The minimum absolute atomic E-state index is 0.202. The number of rotatable bonds is 5. The molecule has 5 heteroatoms. The quantitative estimate of drug-likeness (QED) is 0.739. The number of phenols is 1. The summed E-state index contributed by atoms with van der Waals surface area (Å²) in [6.07, 6.45) is 7.58. The lowest BCUT2D eigenvalue weighted by molar-refractivity contribution is -0.130. The van der Waals surface area contributed by atoms with Crippen LogP contribution in [-0.4, -0.2) is 39.0 Å². The van der Waals surface area contributed by atoms with Crippen molar-refractivity contribution in [1.29, 1.82) is 0 Å². The molecular weight excluding hydrogens is 350 g/mol. The molecule has 1 saturated heterocycles. The molecule has 1 amide bonds. The van der Waals surface area contributed by atoms with Crippen LogP contribution in [0.5, 0.6) is 5.75 Å². The van der Waals surface area contributed by atoms with E-state index in [1.165, 1.54) is 5.56 Å². The van der Waals surface area contributed by atoms with Crippen LogP contribution < -0.4 is 0 Å².